The van der Waals surface area contributed by atoms with Gasteiger partial charge in [-0.2, -0.15) is 0 Å². The molecule has 2 rings (SSSR count). The zero-order chi connectivity index (χ0) is 12.8. The summed E-state index contributed by atoms with van der Waals surface area (Å²) in [7, 11) is 0. The lowest BCUT2D eigenvalue weighted by molar-refractivity contribution is 0.442. The van der Waals surface area contributed by atoms with Crippen molar-refractivity contribution >= 4 is 5.95 Å². The van der Waals surface area contributed by atoms with Gasteiger partial charge in [-0.15, -0.1) is 0 Å². The van der Waals surface area contributed by atoms with Crippen molar-refractivity contribution in [2.24, 2.45) is 5.73 Å². The van der Waals surface area contributed by atoms with Crippen molar-refractivity contribution in [2.45, 2.75) is 57.4 Å². The Hall–Kier alpha value is -1.16. The summed E-state index contributed by atoms with van der Waals surface area (Å²) in [6.07, 6.45) is 11.6. The molecule has 1 aliphatic rings. The van der Waals surface area contributed by atoms with Crippen LogP contribution in [0.4, 0.5) is 5.95 Å². The van der Waals surface area contributed by atoms with Gasteiger partial charge in [0.15, 0.2) is 0 Å². The van der Waals surface area contributed by atoms with Crippen LogP contribution in [0.3, 0.4) is 0 Å². The van der Waals surface area contributed by atoms with Crippen molar-refractivity contribution in [1.82, 2.24) is 9.97 Å². The molecule has 1 unspecified atom stereocenters. The van der Waals surface area contributed by atoms with Crippen LogP contribution in [0, 0.1) is 0 Å². The van der Waals surface area contributed by atoms with Gasteiger partial charge in [0.25, 0.3) is 0 Å². The summed E-state index contributed by atoms with van der Waals surface area (Å²) < 4.78 is 0. The number of hydrogen-bond donors (Lipinski definition) is 2. The summed E-state index contributed by atoms with van der Waals surface area (Å²) >= 11 is 0. The molecular weight excluding hydrogens is 224 g/mol. The summed E-state index contributed by atoms with van der Waals surface area (Å²) in [6, 6.07) is 0.329. The van der Waals surface area contributed by atoms with Gasteiger partial charge in [0.2, 0.25) is 5.95 Å². The topological polar surface area (TPSA) is 63.8 Å². The molecule has 1 atom stereocenters. The number of hydrogen-bond acceptors (Lipinski definition) is 4. The average molecular weight is 248 g/mol. The molecule has 0 spiro atoms. The average Bonchev–Trinajstić information content (AvgIpc) is 2.41. The van der Waals surface area contributed by atoms with E-state index >= 15 is 0 Å². The molecule has 3 N–H and O–H groups in total. The third-order valence-corrected chi connectivity index (χ3v) is 3.72. The van der Waals surface area contributed by atoms with Gasteiger partial charge in [0.05, 0.1) is 0 Å². The second kappa shape index (κ2) is 6.69. The molecule has 4 heteroatoms. The number of anilines is 1. The highest BCUT2D eigenvalue weighted by molar-refractivity contribution is 5.27. The Kier molecular flexibility index (Phi) is 4.93. The molecule has 18 heavy (non-hydrogen) atoms. The minimum atomic E-state index is 0.329. The Bertz CT molecular complexity index is 343. The largest absolute Gasteiger partial charge is 0.352 e. The van der Waals surface area contributed by atoms with E-state index in [0.717, 1.165) is 12.4 Å². The van der Waals surface area contributed by atoms with Crippen LogP contribution >= 0.6 is 0 Å². The van der Waals surface area contributed by atoms with Gasteiger partial charge in [0, 0.05) is 18.4 Å². The van der Waals surface area contributed by atoms with Crippen LogP contribution in [0.5, 0.6) is 0 Å². The molecule has 1 aromatic heterocycles. The van der Waals surface area contributed by atoms with E-state index in [9.17, 15) is 0 Å². The van der Waals surface area contributed by atoms with Crippen LogP contribution in [0.15, 0.2) is 12.4 Å². The fraction of sp³-hybridized carbons (Fsp3) is 0.714. The quantitative estimate of drug-likeness (QED) is 0.841. The number of nitrogens with one attached hydrogen (secondary N) is 1. The van der Waals surface area contributed by atoms with E-state index < -0.39 is 0 Å². The number of rotatable bonds is 5. The predicted octanol–water partition coefficient (Wildman–Crippen LogP) is 2.67. The first-order chi connectivity index (χ1) is 8.79. The van der Waals surface area contributed by atoms with Crippen LogP contribution in [0.25, 0.3) is 0 Å². The first-order valence-corrected chi connectivity index (χ1v) is 7.08. The second-order valence-electron chi connectivity index (χ2n) is 5.30. The van der Waals surface area contributed by atoms with E-state index in [0.29, 0.717) is 18.5 Å². The highest BCUT2D eigenvalue weighted by Gasteiger charge is 2.16. The standard InChI is InChI=1S/C14H24N4/c1-11(7-8-15)18-14-16-9-13(10-17-14)12-5-3-2-4-6-12/h9-12H,2-8,15H2,1H3,(H,16,17,18). The van der Waals surface area contributed by atoms with Crippen molar-refractivity contribution in [3.05, 3.63) is 18.0 Å². The van der Waals surface area contributed by atoms with Crippen LogP contribution < -0.4 is 11.1 Å². The zero-order valence-electron chi connectivity index (χ0n) is 11.2. The fourth-order valence-electron chi connectivity index (χ4n) is 2.60. The molecule has 1 saturated carbocycles. The van der Waals surface area contributed by atoms with Crippen molar-refractivity contribution in [1.29, 1.82) is 0 Å². The van der Waals surface area contributed by atoms with Crippen LogP contribution in [0.1, 0.15) is 56.9 Å². The van der Waals surface area contributed by atoms with Gasteiger partial charge in [-0.1, -0.05) is 19.3 Å². The normalized spacial score (nSPS) is 18.6. The third kappa shape index (κ3) is 3.67. The molecule has 0 aliphatic heterocycles. The maximum Gasteiger partial charge on any atom is 0.222 e. The maximum atomic E-state index is 5.52. The molecule has 0 bridgehead atoms. The number of nitrogens with zero attached hydrogens (tertiary/aromatic N) is 2. The molecule has 100 valence electrons. The lowest BCUT2D eigenvalue weighted by Crippen LogP contribution is -2.20. The molecule has 1 aliphatic carbocycles. The summed E-state index contributed by atoms with van der Waals surface area (Å²) in [4.78, 5) is 8.83. The van der Waals surface area contributed by atoms with Gasteiger partial charge < -0.3 is 11.1 Å². The Morgan fingerprint density at radius 2 is 1.94 bits per heavy atom. The van der Waals surface area contributed by atoms with Crippen molar-refractivity contribution in [3.63, 3.8) is 0 Å². The lowest BCUT2D eigenvalue weighted by atomic mass is 9.85. The Morgan fingerprint density at radius 3 is 2.56 bits per heavy atom. The smallest absolute Gasteiger partial charge is 0.222 e. The van der Waals surface area contributed by atoms with Crippen LogP contribution in [-0.2, 0) is 0 Å². The predicted molar refractivity (Wildman–Crippen MR) is 74.6 cm³/mol. The molecule has 0 saturated heterocycles. The molecule has 0 aromatic carbocycles. The van der Waals surface area contributed by atoms with Gasteiger partial charge in [0.1, 0.15) is 0 Å². The van der Waals surface area contributed by atoms with Gasteiger partial charge in [-0.3, -0.25) is 0 Å². The molecule has 4 nitrogen and oxygen atoms in total. The van der Waals surface area contributed by atoms with E-state index in [1.807, 2.05) is 12.4 Å². The third-order valence-electron chi connectivity index (χ3n) is 3.72. The highest BCUT2D eigenvalue weighted by Crippen LogP contribution is 2.31. The van der Waals surface area contributed by atoms with E-state index in [2.05, 4.69) is 22.2 Å². The van der Waals surface area contributed by atoms with Gasteiger partial charge in [-0.25, -0.2) is 9.97 Å². The molecule has 0 radical (unpaired) electrons. The Labute approximate surface area is 109 Å². The minimum absolute atomic E-state index is 0.329. The van der Waals surface area contributed by atoms with E-state index in [-0.39, 0.29) is 0 Å². The first-order valence-electron chi connectivity index (χ1n) is 7.08. The van der Waals surface area contributed by atoms with Gasteiger partial charge >= 0.3 is 0 Å². The fourth-order valence-corrected chi connectivity index (χ4v) is 2.60. The lowest BCUT2D eigenvalue weighted by Gasteiger charge is -2.21. The second-order valence-corrected chi connectivity index (χ2v) is 5.30. The van der Waals surface area contributed by atoms with Crippen molar-refractivity contribution < 1.29 is 0 Å². The maximum absolute atomic E-state index is 5.52. The SMILES string of the molecule is CC(CCN)Nc1ncc(C2CCCCC2)cn1. The minimum Gasteiger partial charge on any atom is -0.352 e. The van der Waals surface area contributed by atoms with Crippen LogP contribution in [-0.4, -0.2) is 22.6 Å². The summed E-state index contributed by atoms with van der Waals surface area (Å²) in [5.41, 5.74) is 6.82. The van der Waals surface area contributed by atoms with E-state index in [4.69, 9.17) is 5.73 Å². The summed E-state index contributed by atoms with van der Waals surface area (Å²) in [5.74, 6) is 1.39. The molecule has 1 fully saturated rings. The Balaban J connectivity index is 1.92. The van der Waals surface area contributed by atoms with Crippen LogP contribution in [0.2, 0.25) is 0 Å². The number of aromatic nitrogens is 2. The summed E-state index contributed by atoms with van der Waals surface area (Å²) in [5, 5.41) is 3.27. The molecule has 1 heterocycles. The first kappa shape index (κ1) is 13.3. The summed E-state index contributed by atoms with van der Waals surface area (Å²) in [6.45, 7) is 2.79. The Morgan fingerprint density at radius 1 is 1.28 bits per heavy atom. The van der Waals surface area contributed by atoms with E-state index in [1.54, 1.807) is 0 Å². The monoisotopic (exact) mass is 248 g/mol. The molecule has 1 aromatic rings. The highest BCUT2D eigenvalue weighted by atomic mass is 15.1. The molecule has 0 amide bonds. The van der Waals surface area contributed by atoms with E-state index in [1.165, 1.54) is 37.7 Å². The molecular formula is C14H24N4. The zero-order valence-corrected chi connectivity index (χ0v) is 11.2. The van der Waals surface area contributed by atoms with Crippen molar-refractivity contribution in [2.75, 3.05) is 11.9 Å². The van der Waals surface area contributed by atoms with Crippen molar-refractivity contribution in [3.8, 4) is 0 Å². The van der Waals surface area contributed by atoms with Gasteiger partial charge in [-0.05, 0) is 44.2 Å². The number of nitrogens with two attached hydrogens (primary N) is 1.